The van der Waals surface area contributed by atoms with E-state index in [0.29, 0.717) is 11.7 Å². The third kappa shape index (κ3) is 2.26. The van der Waals surface area contributed by atoms with Crippen LogP contribution in [0, 0.1) is 5.82 Å². The average molecular weight is 247 g/mol. The Labute approximate surface area is 104 Å². The molecule has 1 saturated heterocycles. The molecule has 2 aromatic rings. The molecule has 3 rings (SSSR count). The molecule has 1 aliphatic rings. The molecule has 1 aliphatic heterocycles. The van der Waals surface area contributed by atoms with Crippen LogP contribution in [0.1, 0.15) is 31.1 Å². The number of nitrogens with zero attached hydrogens (tertiary/aromatic N) is 2. The van der Waals surface area contributed by atoms with Crippen molar-refractivity contribution in [3.05, 3.63) is 35.9 Å². The maximum atomic E-state index is 12.8. The van der Waals surface area contributed by atoms with Gasteiger partial charge in [0, 0.05) is 5.56 Å². The highest BCUT2D eigenvalue weighted by molar-refractivity contribution is 5.52. The minimum absolute atomic E-state index is 0.177. The highest BCUT2D eigenvalue weighted by Crippen LogP contribution is 2.23. The summed E-state index contributed by atoms with van der Waals surface area (Å²) in [7, 11) is 0. The highest BCUT2D eigenvalue weighted by atomic mass is 19.1. The van der Waals surface area contributed by atoms with E-state index >= 15 is 0 Å². The van der Waals surface area contributed by atoms with E-state index < -0.39 is 0 Å². The van der Waals surface area contributed by atoms with Crippen molar-refractivity contribution in [3.8, 4) is 11.5 Å². The van der Waals surface area contributed by atoms with E-state index in [1.807, 2.05) is 0 Å². The summed E-state index contributed by atoms with van der Waals surface area (Å²) in [6.07, 6.45) is 3.40. The normalized spacial score (nSPS) is 19.9. The molecule has 0 aliphatic carbocycles. The molecular formula is C13H14FN3O. The molecule has 4 nitrogen and oxygen atoms in total. The molecule has 1 N–H and O–H groups in total. The van der Waals surface area contributed by atoms with Crippen LogP contribution in [0.5, 0.6) is 0 Å². The van der Waals surface area contributed by atoms with Crippen molar-refractivity contribution in [2.45, 2.75) is 25.3 Å². The van der Waals surface area contributed by atoms with Crippen LogP contribution in [-0.2, 0) is 0 Å². The van der Waals surface area contributed by atoms with Crippen molar-refractivity contribution in [1.82, 2.24) is 15.5 Å². The first kappa shape index (κ1) is 11.3. The highest BCUT2D eigenvalue weighted by Gasteiger charge is 2.20. The summed E-state index contributed by atoms with van der Waals surface area (Å²) in [6.45, 7) is 0.991. The fraction of sp³-hybridized carbons (Fsp3) is 0.385. The second-order valence-corrected chi connectivity index (χ2v) is 4.47. The number of hydrogen-bond donors (Lipinski definition) is 1. The van der Waals surface area contributed by atoms with E-state index in [4.69, 9.17) is 4.52 Å². The van der Waals surface area contributed by atoms with Crippen LogP contribution < -0.4 is 5.32 Å². The van der Waals surface area contributed by atoms with Gasteiger partial charge in [-0.2, -0.15) is 4.98 Å². The molecule has 0 amide bonds. The largest absolute Gasteiger partial charge is 0.334 e. The fourth-order valence-electron chi connectivity index (χ4n) is 2.16. The Morgan fingerprint density at radius 1 is 1.22 bits per heavy atom. The quantitative estimate of drug-likeness (QED) is 0.886. The van der Waals surface area contributed by atoms with Gasteiger partial charge in [-0.05, 0) is 43.7 Å². The molecule has 5 heteroatoms. The minimum Gasteiger partial charge on any atom is -0.334 e. The summed E-state index contributed by atoms with van der Waals surface area (Å²) in [6, 6.07) is 6.23. The summed E-state index contributed by atoms with van der Waals surface area (Å²) in [5, 5.41) is 7.36. The number of rotatable bonds is 2. The third-order valence-electron chi connectivity index (χ3n) is 3.15. The maximum Gasteiger partial charge on any atom is 0.257 e. The van der Waals surface area contributed by atoms with Crippen LogP contribution in [0.15, 0.2) is 28.8 Å². The predicted octanol–water partition coefficient (Wildman–Crippen LogP) is 2.69. The zero-order chi connectivity index (χ0) is 12.4. The van der Waals surface area contributed by atoms with Crippen molar-refractivity contribution in [2.24, 2.45) is 0 Å². The van der Waals surface area contributed by atoms with E-state index in [9.17, 15) is 4.39 Å². The Balaban J connectivity index is 1.82. The number of hydrogen-bond acceptors (Lipinski definition) is 4. The van der Waals surface area contributed by atoms with Crippen LogP contribution in [0.4, 0.5) is 4.39 Å². The van der Waals surface area contributed by atoms with Crippen molar-refractivity contribution in [1.29, 1.82) is 0 Å². The standard InChI is InChI=1S/C13H14FN3O/c14-10-6-4-9(5-7-10)13-16-12(17-18-13)11-3-1-2-8-15-11/h4-7,11,15H,1-3,8H2. The van der Waals surface area contributed by atoms with Gasteiger partial charge >= 0.3 is 0 Å². The zero-order valence-corrected chi connectivity index (χ0v) is 9.90. The van der Waals surface area contributed by atoms with Gasteiger partial charge in [0.2, 0.25) is 0 Å². The number of benzene rings is 1. The summed E-state index contributed by atoms with van der Waals surface area (Å²) >= 11 is 0. The smallest absolute Gasteiger partial charge is 0.257 e. The van der Waals surface area contributed by atoms with Gasteiger partial charge in [-0.25, -0.2) is 4.39 Å². The van der Waals surface area contributed by atoms with Crippen LogP contribution in [0.2, 0.25) is 0 Å². The number of aromatic nitrogens is 2. The molecule has 0 bridgehead atoms. The van der Waals surface area contributed by atoms with Crippen LogP contribution in [0.25, 0.3) is 11.5 Å². The first-order valence-corrected chi connectivity index (χ1v) is 6.16. The lowest BCUT2D eigenvalue weighted by Gasteiger charge is -2.19. The van der Waals surface area contributed by atoms with Crippen LogP contribution >= 0.6 is 0 Å². The second kappa shape index (κ2) is 4.86. The average Bonchev–Trinajstić information content (AvgIpc) is 2.90. The van der Waals surface area contributed by atoms with Gasteiger partial charge in [-0.15, -0.1) is 0 Å². The molecule has 0 spiro atoms. The van der Waals surface area contributed by atoms with E-state index in [2.05, 4.69) is 15.5 Å². The van der Waals surface area contributed by atoms with E-state index in [0.717, 1.165) is 18.5 Å². The van der Waals surface area contributed by atoms with Gasteiger partial charge in [0.25, 0.3) is 5.89 Å². The molecular weight excluding hydrogens is 233 g/mol. The third-order valence-corrected chi connectivity index (χ3v) is 3.15. The maximum absolute atomic E-state index is 12.8. The van der Waals surface area contributed by atoms with Crippen molar-refractivity contribution in [2.75, 3.05) is 6.54 Å². The fourth-order valence-corrected chi connectivity index (χ4v) is 2.16. The molecule has 1 atom stereocenters. The van der Waals surface area contributed by atoms with E-state index in [1.165, 1.54) is 25.0 Å². The minimum atomic E-state index is -0.271. The van der Waals surface area contributed by atoms with Gasteiger partial charge in [0.05, 0.1) is 6.04 Å². The monoisotopic (exact) mass is 247 g/mol. The van der Waals surface area contributed by atoms with Gasteiger partial charge in [0.1, 0.15) is 5.82 Å². The number of halogens is 1. The van der Waals surface area contributed by atoms with Crippen molar-refractivity contribution >= 4 is 0 Å². The number of nitrogens with one attached hydrogen (secondary N) is 1. The van der Waals surface area contributed by atoms with E-state index in [-0.39, 0.29) is 11.9 Å². The Kier molecular flexibility index (Phi) is 3.06. The zero-order valence-electron chi connectivity index (χ0n) is 9.90. The topological polar surface area (TPSA) is 51.0 Å². The summed E-state index contributed by atoms with van der Waals surface area (Å²) < 4.78 is 18.0. The molecule has 1 aromatic carbocycles. The van der Waals surface area contributed by atoms with Crippen molar-refractivity contribution < 1.29 is 8.91 Å². The van der Waals surface area contributed by atoms with Crippen LogP contribution in [0.3, 0.4) is 0 Å². The molecule has 0 radical (unpaired) electrons. The molecule has 18 heavy (non-hydrogen) atoms. The van der Waals surface area contributed by atoms with Crippen LogP contribution in [-0.4, -0.2) is 16.7 Å². The summed E-state index contributed by atoms with van der Waals surface area (Å²) in [5.41, 5.74) is 0.742. The summed E-state index contributed by atoms with van der Waals surface area (Å²) in [4.78, 5) is 4.37. The van der Waals surface area contributed by atoms with Crippen molar-refractivity contribution in [3.63, 3.8) is 0 Å². The van der Waals surface area contributed by atoms with Gasteiger partial charge in [-0.1, -0.05) is 11.6 Å². The predicted molar refractivity (Wildman–Crippen MR) is 64.3 cm³/mol. The lowest BCUT2D eigenvalue weighted by atomic mass is 10.0. The lowest BCUT2D eigenvalue weighted by molar-refractivity contribution is 0.367. The Bertz CT molecular complexity index is 517. The summed E-state index contributed by atoms with van der Waals surface area (Å²) in [5.74, 6) is 0.860. The molecule has 0 saturated carbocycles. The van der Waals surface area contributed by atoms with Gasteiger partial charge in [-0.3, -0.25) is 0 Å². The van der Waals surface area contributed by atoms with E-state index in [1.54, 1.807) is 12.1 Å². The SMILES string of the molecule is Fc1ccc(-c2nc(C3CCCCN3)no2)cc1. The molecule has 2 heterocycles. The molecule has 1 fully saturated rings. The molecule has 1 aromatic heterocycles. The number of piperidine rings is 1. The first-order valence-electron chi connectivity index (χ1n) is 6.16. The Morgan fingerprint density at radius 3 is 2.78 bits per heavy atom. The molecule has 1 unspecified atom stereocenters. The Morgan fingerprint density at radius 2 is 2.06 bits per heavy atom. The molecule has 94 valence electrons. The lowest BCUT2D eigenvalue weighted by Crippen LogP contribution is -2.27. The Hall–Kier alpha value is -1.75. The first-order chi connectivity index (χ1) is 8.83. The second-order valence-electron chi connectivity index (χ2n) is 4.47. The van der Waals surface area contributed by atoms with Gasteiger partial charge in [0.15, 0.2) is 5.82 Å². The van der Waals surface area contributed by atoms with Gasteiger partial charge < -0.3 is 9.84 Å².